The Morgan fingerprint density at radius 1 is 0.688 bits per heavy atom. The van der Waals surface area contributed by atoms with Gasteiger partial charge in [0.1, 0.15) is 0 Å². The topological polar surface area (TPSA) is 6.48 Å². The van der Waals surface area contributed by atoms with Crippen LogP contribution in [-0.4, -0.2) is 49.6 Å². The van der Waals surface area contributed by atoms with E-state index in [0.717, 1.165) is 0 Å². The summed E-state index contributed by atoms with van der Waals surface area (Å²) >= 11 is 0. The molecule has 0 radical (unpaired) electrons. The fourth-order valence-corrected chi connectivity index (χ4v) is 1.89. The highest BCUT2D eigenvalue weighted by molar-refractivity contribution is 4.57. The maximum Gasteiger partial charge on any atom is -0.00184 e. The molecule has 98 valence electrons. The normalized spacial score (nSPS) is 11.6. The predicted octanol–water partition coefficient (Wildman–Crippen LogP) is 3.23. The van der Waals surface area contributed by atoms with E-state index < -0.39 is 0 Å². The zero-order valence-corrected chi connectivity index (χ0v) is 12.0. The number of hydrogen-bond donors (Lipinski definition) is 0. The van der Waals surface area contributed by atoms with Gasteiger partial charge < -0.3 is 9.80 Å². The van der Waals surface area contributed by atoms with Crippen molar-refractivity contribution in [2.45, 2.75) is 52.9 Å². The second kappa shape index (κ2) is 11.4. The molecule has 0 fully saturated rings. The average Bonchev–Trinajstić information content (AvgIpc) is 2.31. The van der Waals surface area contributed by atoms with Crippen LogP contribution in [0.1, 0.15) is 52.9 Å². The highest BCUT2D eigenvalue weighted by Gasteiger charge is 2.01. The van der Waals surface area contributed by atoms with Crippen LogP contribution in [0, 0.1) is 0 Å². The highest BCUT2D eigenvalue weighted by Crippen LogP contribution is 2.01. The van der Waals surface area contributed by atoms with Crippen molar-refractivity contribution >= 4 is 0 Å². The van der Waals surface area contributed by atoms with Gasteiger partial charge >= 0.3 is 0 Å². The summed E-state index contributed by atoms with van der Waals surface area (Å²) in [7, 11) is 2.21. The Balaban J connectivity index is 3.40. The van der Waals surface area contributed by atoms with Gasteiger partial charge in [-0.15, -0.1) is 0 Å². The Kier molecular flexibility index (Phi) is 11.3. The van der Waals surface area contributed by atoms with E-state index in [9.17, 15) is 0 Å². The molecule has 0 saturated carbocycles. The summed E-state index contributed by atoms with van der Waals surface area (Å²) in [6.45, 7) is 13.0. The van der Waals surface area contributed by atoms with Crippen molar-refractivity contribution in [3.8, 4) is 0 Å². The Morgan fingerprint density at radius 2 is 1.25 bits per heavy atom. The van der Waals surface area contributed by atoms with Crippen molar-refractivity contribution in [3.63, 3.8) is 0 Å². The summed E-state index contributed by atoms with van der Waals surface area (Å²) in [6, 6.07) is 0. The zero-order valence-electron chi connectivity index (χ0n) is 12.0. The van der Waals surface area contributed by atoms with E-state index >= 15 is 0 Å². The van der Waals surface area contributed by atoms with E-state index in [1.165, 1.54) is 64.8 Å². The first-order valence-electron chi connectivity index (χ1n) is 7.15. The minimum Gasteiger partial charge on any atom is -0.307 e. The van der Waals surface area contributed by atoms with E-state index in [1.807, 2.05) is 0 Å². The molecule has 0 spiro atoms. The first-order valence-corrected chi connectivity index (χ1v) is 7.15. The number of hydrogen-bond acceptors (Lipinski definition) is 2. The molecule has 16 heavy (non-hydrogen) atoms. The molecule has 2 nitrogen and oxygen atoms in total. The lowest BCUT2D eigenvalue weighted by molar-refractivity contribution is 0.264. The SMILES string of the molecule is CCCCCN(CC)CCCCN(C)CC. The Bertz CT molecular complexity index is 137. The molecule has 0 aliphatic heterocycles. The maximum atomic E-state index is 2.60. The maximum absolute atomic E-state index is 2.60. The van der Waals surface area contributed by atoms with Crippen LogP contribution in [0.5, 0.6) is 0 Å². The van der Waals surface area contributed by atoms with Crippen LogP contribution in [-0.2, 0) is 0 Å². The third kappa shape index (κ3) is 9.17. The average molecular weight is 228 g/mol. The molecule has 0 saturated heterocycles. The molecule has 0 rings (SSSR count). The van der Waals surface area contributed by atoms with Crippen molar-refractivity contribution in [1.29, 1.82) is 0 Å². The fourth-order valence-electron chi connectivity index (χ4n) is 1.89. The molecule has 0 unspecified atom stereocenters. The van der Waals surface area contributed by atoms with Crippen molar-refractivity contribution in [2.24, 2.45) is 0 Å². The van der Waals surface area contributed by atoms with Crippen LogP contribution < -0.4 is 0 Å². The monoisotopic (exact) mass is 228 g/mol. The van der Waals surface area contributed by atoms with Crippen molar-refractivity contribution < 1.29 is 0 Å². The molecular formula is C14H32N2. The second-order valence-electron chi connectivity index (χ2n) is 4.74. The molecule has 0 heterocycles. The van der Waals surface area contributed by atoms with E-state index in [4.69, 9.17) is 0 Å². The lowest BCUT2D eigenvalue weighted by atomic mass is 10.2. The van der Waals surface area contributed by atoms with Crippen molar-refractivity contribution in [3.05, 3.63) is 0 Å². The molecule has 0 bridgehead atoms. The largest absolute Gasteiger partial charge is 0.307 e. The molecular weight excluding hydrogens is 196 g/mol. The van der Waals surface area contributed by atoms with Crippen LogP contribution >= 0.6 is 0 Å². The highest BCUT2D eigenvalue weighted by atomic mass is 15.1. The van der Waals surface area contributed by atoms with Gasteiger partial charge in [-0.3, -0.25) is 0 Å². The Hall–Kier alpha value is -0.0800. The summed E-state index contributed by atoms with van der Waals surface area (Å²) in [6.07, 6.45) is 6.78. The third-order valence-corrected chi connectivity index (χ3v) is 3.33. The molecule has 0 atom stereocenters. The first-order chi connectivity index (χ1) is 7.74. The van der Waals surface area contributed by atoms with Gasteiger partial charge in [0.15, 0.2) is 0 Å². The van der Waals surface area contributed by atoms with Gasteiger partial charge in [-0.2, -0.15) is 0 Å². The number of unbranched alkanes of at least 4 members (excludes halogenated alkanes) is 3. The smallest absolute Gasteiger partial charge is 0.00184 e. The summed E-state index contributed by atoms with van der Waals surface area (Å²) in [5, 5.41) is 0. The second-order valence-corrected chi connectivity index (χ2v) is 4.74. The third-order valence-electron chi connectivity index (χ3n) is 3.33. The van der Waals surface area contributed by atoms with Gasteiger partial charge in [-0.1, -0.05) is 33.6 Å². The minimum atomic E-state index is 1.17. The van der Waals surface area contributed by atoms with E-state index in [0.29, 0.717) is 0 Å². The van der Waals surface area contributed by atoms with Gasteiger partial charge in [0, 0.05) is 0 Å². The standard InChI is InChI=1S/C14H32N2/c1-5-8-9-13-16(7-3)14-11-10-12-15(4)6-2/h5-14H2,1-4H3. The quantitative estimate of drug-likeness (QED) is 0.501. The lowest BCUT2D eigenvalue weighted by Crippen LogP contribution is -2.27. The molecule has 0 aromatic rings. The van der Waals surface area contributed by atoms with Crippen LogP contribution in [0.2, 0.25) is 0 Å². The minimum absolute atomic E-state index is 1.17. The van der Waals surface area contributed by atoms with Gasteiger partial charge in [-0.05, 0) is 59.0 Å². The van der Waals surface area contributed by atoms with Gasteiger partial charge in [0.05, 0.1) is 0 Å². The molecule has 0 aliphatic carbocycles. The van der Waals surface area contributed by atoms with Gasteiger partial charge in [-0.25, -0.2) is 0 Å². The van der Waals surface area contributed by atoms with Crippen LogP contribution in [0.25, 0.3) is 0 Å². The summed E-state index contributed by atoms with van der Waals surface area (Å²) in [5.74, 6) is 0. The predicted molar refractivity (Wildman–Crippen MR) is 74.0 cm³/mol. The van der Waals surface area contributed by atoms with Crippen molar-refractivity contribution in [1.82, 2.24) is 9.80 Å². The molecule has 0 N–H and O–H groups in total. The molecule has 0 aromatic carbocycles. The molecule has 0 amide bonds. The van der Waals surface area contributed by atoms with Gasteiger partial charge in [0.25, 0.3) is 0 Å². The van der Waals surface area contributed by atoms with Gasteiger partial charge in [0.2, 0.25) is 0 Å². The number of nitrogens with zero attached hydrogens (tertiary/aromatic N) is 2. The van der Waals surface area contributed by atoms with E-state index in [1.54, 1.807) is 0 Å². The van der Waals surface area contributed by atoms with Crippen LogP contribution in [0.3, 0.4) is 0 Å². The zero-order chi connectivity index (χ0) is 12.2. The summed E-state index contributed by atoms with van der Waals surface area (Å²) in [5.41, 5.74) is 0. The fraction of sp³-hybridized carbons (Fsp3) is 1.00. The molecule has 0 aliphatic rings. The Labute approximate surface area is 103 Å². The molecule has 0 aromatic heterocycles. The summed E-state index contributed by atoms with van der Waals surface area (Å²) < 4.78 is 0. The Morgan fingerprint density at radius 3 is 1.75 bits per heavy atom. The van der Waals surface area contributed by atoms with Crippen LogP contribution in [0.15, 0.2) is 0 Å². The summed E-state index contributed by atoms with van der Waals surface area (Å²) in [4.78, 5) is 5.00. The van der Waals surface area contributed by atoms with E-state index in [2.05, 4.69) is 37.6 Å². The molecule has 2 heteroatoms. The number of rotatable bonds is 11. The van der Waals surface area contributed by atoms with Crippen LogP contribution in [0.4, 0.5) is 0 Å². The first kappa shape index (κ1) is 15.9. The van der Waals surface area contributed by atoms with Crippen molar-refractivity contribution in [2.75, 3.05) is 39.8 Å². The lowest BCUT2D eigenvalue weighted by Gasteiger charge is -2.21. The van der Waals surface area contributed by atoms with E-state index in [-0.39, 0.29) is 0 Å².